The Hall–Kier alpha value is -4.08. The molecular formula is C26H25N9O2S. The summed E-state index contributed by atoms with van der Waals surface area (Å²) in [6.07, 6.45) is 12.1. The van der Waals surface area contributed by atoms with Gasteiger partial charge in [0.2, 0.25) is 0 Å². The van der Waals surface area contributed by atoms with E-state index < -0.39 is 0 Å². The summed E-state index contributed by atoms with van der Waals surface area (Å²) in [5, 5.41) is 21.2. The summed E-state index contributed by atoms with van der Waals surface area (Å²) < 4.78 is 3.24. The third-order valence-corrected chi connectivity index (χ3v) is 8.97. The second-order valence-electron chi connectivity index (χ2n) is 10.2. The largest absolute Gasteiger partial charge is 0.351 e. The van der Waals surface area contributed by atoms with Gasteiger partial charge in [0.25, 0.3) is 11.5 Å². The molecule has 11 nitrogen and oxygen atoms in total. The van der Waals surface area contributed by atoms with E-state index >= 15 is 0 Å². The molecule has 12 heteroatoms. The minimum Gasteiger partial charge on any atom is -0.351 e. The normalized spacial score (nSPS) is 19.4. The molecule has 0 unspecified atom stereocenters. The third-order valence-electron chi connectivity index (χ3n) is 7.82. The van der Waals surface area contributed by atoms with Crippen molar-refractivity contribution in [3.05, 3.63) is 46.8 Å². The van der Waals surface area contributed by atoms with Crippen LogP contribution in [0.3, 0.4) is 0 Å². The van der Waals surface area contributed by atoms with Crippen LogP contribution in [-0.2, 0) is 6.54 Å². The number of thiazole rings is 1. The van der Waals surface area contributed by atoms with E-state index in [1.807, 2.05) is 6.20 Å². The first-order valence-corrected chi connectivity index (χ1v) is 13.6. The number of hydrogen-bond donors (Lipinski definition) is 2. The predicted octanol–water partition coefficient (Wildman–Crippen LogP) is 2.78. The molecule has 192 valence electrons. The van der Waals surface area contributed by atoms with Crippen molar-refractivity contribution in [3.8, 4) is 16.5 Å². The van der Waals surface area contributed by atoms with Crippen LogP contribution in [0.4, 0.5) is 0 Å². The second-order valence-corrected chi connectivity index (χ2v) is 11.2. The number of nitrogens with one attached hydrogen (secondary N) is 2. The number of carbonyl (C=O) groups excluding carboxylic acids is 1. The van der Waals surface area contributed by atoms with Crippen molar-refractivity contribution >= 4 is 44.0 Å². The summed E-state index contributed by atoms with van der Waals surface area (Å²) in [6.45, 7) is 2.76. The quantitative estimate of drug-likeness (QED) is 0.346. The van der Waals surface area contributed by atoms with Gasteiger partial charge in [0.05, 0.1) is 28.2 Å². The molecular weight excluding hydrogens is 502 g/mol. The van der Waals surface area contributed by atoms with Crippen molar-refractivity contribution in [3.63, 3.8) is 0 Å². The fourth-order valence-electron chi connectivity index (χ4n) is 5.92. The smallest absolute Gasteiger partial charge is 0.261 e. The van der Waals surface area contributed by atoms with E-state index in [0.717, 1.165) is 29.4 Å². The summed E-state index contributed by atoms with van der Waals surface area (Å²) in [5.74, 6) is 0.613. The van der Waals surface area contributed by atoms with Gasteiger partial charge in [0.1, 0.15) is 27.8 Å². The average molecular weight is 528 g/mol. The van der Waals surface area contributed by atoms with E-state index in [4.69, 9.17) is 5.26 Å². The molecule has 38 heavy (non-hydrogen) atoms. The van der Waals surface area contributed by atoms with Crippen molar-refractivity contribution in [2.45, 2.75) is 38.3 Å². The lowest BCUT2D eigenvalue weighted by Crippen LogP contribution is -2.50. The van der Waals surface area contributed by atoms with Crippen LogP contribution in [0.1, 0.15) is 36.0 Å². The standard InChI is InChI=1S/C26H25N9O2S/c27-5-7-34-13-17(11-30-34)20-14-35-26(38-20)21-23(32-35)22-19(31-25(21)37)9-16(10-29-22)24(36)28-6-8-33-12-15-1-3-18(33)4-2-15/h9-11,13-15,18H,1-4,6-8,12H2,(H,28,36)(H,31,37). The first-order chi connectivity index (χ1) is 18.6. The molecule has 1 aliphatic carbocycles. The Bertz CT molecular complexity index is 1800. The average Bonchev–Trinajstić information content (AvgIpc) is 3.64. The van der Waals surface area contributed by atoms with E-state index in [1.54, 1.807) is 33.9 Å². The van der Waals surface area contributed by atoms with E-state index in [2.05, 4.69) is 36.5 Å². The van der Waals surface area contributed by atoms with Crippen LogP contribution in [0.25, 0.3) is 37.2 Å². The molecule has 2 bridgehead atoms. The number of carbonyl (C=O) groups is 1. The van der Waals surface area contributed by atoms with Crippen LogP contribution >= 0.6 is 11.3 Å². The van der Waals surface area contributed by atoms with Crippen molar-refractivity contribution < 1.29 is 4.79 Å². The van der Waals surface area contributed by atoms with E-state index in [1.165, 1.54) is 37.0 Å². The maximum atomic E-state index is 13.1. The monoisotopic (exact) mass is 527 g/mol. The lowest BCUT2D eigenvalue weighted by Gasteiger charge is -2.45. The number of H-pyrrole nitrogens is 1. The van der Waals surface area contributed by atoms with Gasteiger partial charge in [-0.05, 0) is 37.7 Å². The van der Waals surface area contributed by atoms with Crippen molar-refractivity contribution in [2.75, 3.05) is 19.6 Å². The highest BCUT2D eigenvalue weighted by Gasteiger charge is 2.33. The first kappa shape index (κ1) is 23.1. The predicted molar refractivity (Wildman–Crippen MR) is 143 cm³/mol. The van der Waals surface area contributed by atoms with Gasteiger partial charge in [-0.1, -0.05) is 0 Å². The van der Waals surface area contributed by atoms with Crippen LogP contribution < -0.4 is 10.9 Å². The Kier molecular flexibility index (Phi) is 5.49. The summed E-state index contributed by atoms with van der Waals surface area (Å²) in [7, 11) is 0. The molecule has 2 N–H and O–H groups in total. The molecule has 5 aromatic heterocycles. The molecule has 0 radical (unpaired) electrons. The fourth-order valence-corrected chi connectivity index (χ4v) is 6.98. The summed E-state index contributed by atoms with van der Waals surface area (Å²) in [4.78, 5) is 37.5. The number of aromatic amines is 1. The zero-order chi connectivity index (χ0) is 25.8. The van der Waals surface area contributed by atoms with Crippen molar-refractivity contribution in [1.29, 1.82) is 5.26 Å². The van der Waals surface area contributed by atoms with E-state index in [-0.39, 0.29) is 18.0 Å². The first-order valence-electron chi connectivity index (χ1n) is 12.8. The molecule has 0 atom stereocenters. The van der Waals surface area contributed by atoms with Crippen LogP contribution in [0.15, 0.2) is 35.6 Å². The number of aromatic nitrogens is 6. The zero-order valence-corrected chi connectivity index (χ0v) is 21.4. The zero-order valence-electron chi connectivity index (χ0n) is 20.6. The molecule has 0 aromatic carbocycles. The highest BCUT2D eigenvalue weighted by molar-refractivity contribution is 7.21. The molecule has 1 amide bonds. The van der Waals surface area contributed by atoms with Gasteiger partial charge in [0, 0.05) is 49.8 Å². The third kappa shape index (κ3) is 3.86. The van der Waals surface area contributed by atoms with Crippen molar-refractivity contribution in [1.82, 2.24) is 39.6 Å². The topological polar surface area (TPSA) is 137 Å². The van der Waals surface area contributed by atoms with Crippen LogP contribution in [0.5, 0.6) is 0 Å². The molecule has 8 rings (SSSR count). The van der Waals surface area contributed by atoms with Crippen LogP contribution in [0.2, 0.25) is 0 Å². The molecule has 7 heterocycles. The van der Waals surface area contributed by atoms with Gasteiger partial charge in [-0.15, -0.1) is 11.3 Å². The molecule has 2 saturated heterocycles. The molecule has 3 aliphatic rings. The molecule has 1 saturated carbocycles. The Morgan fingerprint density at radius 2 is 2.08 bits per heavy atom. The summed E-state index contributed by atoms with van der Waals surface area (Å²) in [5.41, 5.74) is 2.49. The second kappa shape index (κ2) is 9.04. The van der Waals surface area contributed by atoms with Gasteiger partial charge < -0.3 is 10.3 Å². The molecule has 0 spiro atoms. The Balaban J connectivity index is 1.13. The molecule has 5 aromatic rings. The number of rotatable bonds is 6. The Morgan fingerprint density at radius 1 is 1.21 bits per heavy atom. The number of pyridine rings is 2. The van der Waals surface area contributed by atoms with Gasteiger partial charge >= 0.3 is 0 Å². The van der Waals surface area contributed by atoms with Gasteiger partial charge in [-0.25, -0.2) is 4.52 Å². The number of piperidine rings is 2. The fraction of sp³-hybridized carbons (Fsp3) is 0.385. The minimum atomic E-state index is -0.282. The number of nitriles is 1. The maximum Gasteiger partial charge on any atom is 0.261 e. The summed E-state index contributed by atoms with van der Waals surface area (Å²) in [6, 6.07) is 4.40. The van der Waals surface area contributed by atoms with Crippen LogP contribution in [0, 0.1) is 17.2 Å². The lowest BCUT2D eigenvalue weighted by atomic mass is 9.80. The van der Waals surface area contributed by atoms with Gasteiger partial charge in [-0.3, -0.25) is 24.2 Å². The Morgan fingerprint density at radius 3 is 2.87 bits per heavy atom. The molecule has 2 aliphatic heterocycles. The highest BCUT2D eigenvalue weighted by Crippen LogP contribution is 2.35. The van der Waals surface area contributed by atoms with Gasteiger partial charge in [0.15, 0.2) is 0 Å². The number of amides is 1. The van der Waals surface area contributed by atoms with Crippen LogP contribution in [-0.4, -0.2) is 65.8 Å². The number of nitrogens with zero attached hydrogens (tertiary/aromatic N) is 7. The van der Waals surface area contributed by atoms with Crippen molar-refractivity contribution in [2.24, 2.45) is 5.92 Å². The van der Waals surface area contributed by atoms with E-state index in [0.29, 0.717) is 44.9 Å². The highest BCUT2D eigenvalue weighted by atomic mass is 32.1. The maximum absolute atomic E-state index is 13.1. The SMILES string of the molecule is N#CCn1cc(-c2cn3nc4c5ncc(C(=O)NCCN6CC7CCC6CC7)cc5[nH]c(=O)c4c3s2)cn1. The molecule has 3 fully saturated rings. The summed E-state index contributed by atoms with van der Waals surface area (Å²) >= 11 is 1.42. The number of hydrogen-bond acceptors (Lipinski definition) is 8. The van der Waals surface area contributed by atoms with Gasteiger partial charge in [-0.2, -0.15) is 15.5 Å². The number of fused-ring (bicyclic) bond motifs is 8. The minimum absolute atomic E-state index is 0.169. The van der Waals surface area contributed by atoms with E-state index in [9.17, 15) is 9.59 Å². The lowest BCUT2D eigenvalue weighted by molar-refractivity contribution is 0.0494. The Labute approximate surface area is 220 Å².